The second-order valence-corrected chi connectivity index (χ2v) is 9.56. The van der Waals surface area contributed by atoms with Crippen LogP contribution in [0.1, 0.15) is 37.0 Å². The third kappa shape index (κ3) is 6.30. The summed E-state index contributed by atoms with van der Waals surface area (Å²) in [5.74, 6) is 1.31. The molecule has 2 heterocycles. The van der Waals surface area contributed by atoms with Crippen LogP contribution in [0.25, 0.3) is 11.1 Å². The number of nitrogens with zero attached hydrogens (tertiary/aromatic N) is 1. The molecule has 2 fully saturated rings. The van der Waals surface area contributed by atoms with Crippen LogP contribution in [0.5, 0.6) is 5.75 Å². The van der Waals surface area contributed by atoms with E-state index < -0.39 is 5.67 Å². The van der Waals surface area contributed by atoms with Crippen molar-refractivity contribution in [1.29, 1.82) is 0 Å². The zero-order chi connectivity index (χ0) is 22.6. The molecular weight excluding hydrogens is 407 g/mol. The first kappa shape index (κ1) is 22.7. The molecule has 0 bridgehead atoms. The van der Waals surface area contributed by atoms with Crippen LogP contribution >= 0.6 is 0 Å². The predicted octanol–water partition coefficient (Wildman–Crippen LogP) is 4.32. The van der Waals surface area contributed by atoms with Gasteiger partial charge in [-0.2, -0.15) is 0 Å². The molecule has 4 rings (SSSR count). The van der Waals surface area contributed by atoms with Crippen molar-refractivity contribution in [2.24, 2.45) is 5.92 Å². The van der Waals surface area contributed by atoms with E-state index in [4.69, 9.17) is 9.47 Å². The number of hydrogen-bond donors (Lipinski definition) is 1. The van der Waals surface area contributed by atoms with Crippen molar-refractivity contribution in [3.63, 3.8) is 0 Å². The number of halogens is 1. The normalized spacial score (nSPS) is 18.2. The highest BCUT2D eigenvalue weighted by atomic mass is 19.1. The first-order valence-corrected chi connectivity index (χ1v) is 11.5. The fraction of sp³-hybridized carbons (Fsp3) is 0.500. The lowest BCUT2D eigenvalue weighted by Crippen LogP contribution is -2.48. The van der Waals surface area contributed by atoms with Gasteiger partial charge in [-0.1, -0.05) is 24.3 Å². The van der Waals surface area contributed by atoms with E-state index in [1.54, 1.807) is 13.8 Å². The van der Waals surface area contributed by atoms with E-state index in [-0.39, 0.29) is 11.9 Å². The van der Waals surface area contributed by atoms with Crippen molar-refractivity contribution in [3.8, 4) is 16.9 Å². The van der Waals surface area contributed by atoms with Crippen LogP contribution < -0.4 is 10.1 Å². The SMILES string of the molecule is CC(C)(F)CN1CCC(COc2ccc(-c3ccc(C(=O)NC4COC4)cc3)cc2)CC1. The summed E-state index contributed by atoms with van der Waals surface area (Å²) in [6, 6.07) is 15.8. The Morgan fingerprint density at radius 3 is 2.19 bits per heavy atom. The Kier molecular flexibility index (Phi) is 7.11. The van der Waals surface area contributed by atoms with Gasteiger partial charge < -0.3 is 19.7 Å². The van der Waals surface area contributed by atoms with Crippen LogP contribution in [0.4, 0.5) is 4.39 Å². The van der Waals surface area contributed by atoms with Crippen molar-refractivity contribution in [2.75, 3.05) is 39.5 Å². The monoisotopic (exact) mass is 440 g/mol. The number of piperidine rings is 1. The minimum absolute atomic E-state index is 0.0622. The average Bonchev–Trinajstić information content (AvgIpc) is 2.75. The fourth-order valence-corrected chi connectivity index (χ4v) is 4.20. The van der Waals surface area contributed by atoms with E-state index in [9.17, 15) is 9.18 Å². The number of hydrogen-bond acceptors (Lipinski definition) is 4. The van der Waals surface area contributed by atoms with Gasteiger partial charge in [0, 0.05) is 12.1 Å². The number of carbonyl (C=O) groups is 1. The zero-order valence-corrected chi connectivity index (χ0v) is 19.0. The molecule has 6 heteroatoms. The third-order valence-electron chi connectivity index (χ3n) is 6.10. The third-order valence-corrected chi connectivity index (χ3v) is 6.10. The predicted molar refractivity (Wildman–Crippen MR) is 124 cm³/mol. The number of carbonyl (C=O) groups excluding carboxylic acids is 1. The summed E-state index contributed by atoms with van der Waals surface area (Å²) in [6.07, 6.45) is 2.09. The van der Waals surface area contributed by atoms with Crippen molar-refractivity contribution in [2.45, 2.75) is 38.4 Å². The summed E-state index contributed by atoms with van der Waals surface area (Å²) in [4.78, 5) is 14.4. The molecule has 0 aromatic heterocycles. The molecule has 0 unspecified atom stereocenters. The lowest BCUT2D eigenvalue weighted by molar-refractivity contribution is -0.00346. The van der Waals surface area contributed by atoms with Crippen LogP contribution in [0.2, 0.25) is 0 Å². The molecule has 0 radical (unpaired) electrons. The van der Waals surface area contributed by atoms with E-state index in [2.05, 4.69) is 10.2 Å². The smallest absolute Gasteiger partial charge is 0.251 e. The number of benzene rings is 2. The van der Waals surface area contributed by atoms with Gasteiger partial charge >= 0.3 is 0 Å². The van der Waals surface area contributed by atoms with E-state index in [0.29, 0.717) is 37.8 Å². The maximum atomic E-state index is 13.8. The highest BCUT2D eigenvalue weighted by Crippen LogP contribution is 2.25. The van der Waals surface area contributed by atoms with Gasteiger partial charge in [-0.25, -0.2) is 4.39 Å². The second-order valence-electron chi connectivity index (χ2n) is 9.56. The van der Waals surface area contributed by atoms with Gasteiger partial charge in [0.1, 0.15) is 11.4 Å². The summed E-state index contributed by atoms with van der Waals surface area (Å²) in [5, 5.41) is 2.95. The Labute approximate surface area is 189 Å². The standard InChI is InChI=1S/C26H33FN2O3/c1-26(2,27)18-29-13-11-19(12-14-29)15-32-24-9-7-21(8-10-24)20-3-5-22(6-4-20)25(30)28-23-16-31-17-23/h3-10,19,23H,11-18H2,1-2H3,(H,28,30). The van der Waals surface area contributed by atoms with Gasteiger partial charge in [0.05, 0.1) is 25.9 Å². The minimum Gasteiger partial charge on any atom is -0.493 e. The highest BCUT2D eigenvalue weighted by Gasteiger charge is 2.25. The Balaban J connectivity index is 1.24. The first-order valence-electron chi connectivity index (χ1n) is 11.5. The molecule has 2 aliphatic rings. The van der Waals surface area contributed by atoms with E-state index in [0.717, 1.165) is 42.8 Å². The van der Waals surface area contributed by atoms with Crippen molar-refractivity contribution < 1.29 is 18.7 Å². The van der Waals surface area contributed by atoms with Gasteiger partial charge in [-0.05, 0) is 81.1 Å². The lowest BCUT2D eigenvalue weighted by atomic mass is 9.97. The quantitative estimate of drug-likeness (QED) is 0.664. The largest absolute Gasteiger partial charge is 0.493 e. The molecule has 0 saturated carbocycles. The Morgan fingerprint density at radius 2 is 1.66 bits per heavy atom. The number of ether oxygens (including phenoxy) is 2. The molecule has 2 saturated heterocycles. The van der Waals surface area contributed by atoms with Gasteiger partial charge in [0.25, 0.3) is 5.91 Å². The molecular formula is C26H33FN2O3. The molecule has 1 amide bonds. The molecule has 1 N–H and O–H groups in total. The van der Waals surface area contributed by atoms with Gasteiger partial charge in [0.15, 0.2) is 0 Å². The minimum atomic E-state index is -1.14. The summed E-state index contributed by atoms with van der Waals surface area (Å²) in [6.45, 7) is 7.53. The van der Waals surface area contributed by atoms with Crippen molar-refractivity contribution in [1.82, 2.24) is 10.2 Å². The maximum Gasteiger partial charge on any atom is 0.251 e. The number of likely N-dealkylation sites (tertiary alicyclic amines) is 1. The zero-order valence-electron chi connectivity index (χ0n) is 19.0. The van der Waals surface area contributed by atoms with Crippen LogP contribution in [0, 0.1) is 5.92 Å². The Morgan fingerprint density at radius 1 is 1.06 bits per heavy atom. The molecule has 32 heavy (non-hydrogen) atoms. The number of alkyl halides is 1. The molecule has 0 spiro atoms. The number of nitrogens with one attached hydrogen (secondary N) is 1. The summed E-state index contributed by atoms with van der Waals surface area (Å²) in [5.41, 5.74) is 1.66. The van der Waals surface area contributed by atoms with E-state index in [1.165, 1.54) is 0 Å². The lowest BCUT2D eigenvalue weighted by Gasteiger charge is -2.34. The fourth-order valence-electron chi connectivity index (χ4n) is 4.20. The molecule has 0 atom stereocenters. The van der Waals surface area contributed by atoms with Gasteiger partial charge in [-0.3, -0.25) is 4.79 Å². The topological polar surface area (TPSA) is 50.8 Å². The van der Waals surface area contributed by atoms with Crippen LogP contribution in [0.15, 0.2) is 48.5 Å². The number of amides is 1. The van der Waals surface area contributed by atoms with Gasteiger partial charge in [-0.15, -0.1) is 0 Å². The van der Waals surface area contributed by atoms with Crippen LogP contribution in [-0.2, 0) is 4.74 Å². The van der Waals surface area contributed by atoms with Crippen molar-refractivity contribution >= 4 is 5.91 Å². The first-order chi connectivity index (χ1) is 15.4. The molecule has 2 aromatic rings. The molecule has 5 nitrogen and oxygen atoms in total. The molecule has 0 aliphatic carbocycles. The molecule has 2 aromatic carbocycles. The molecule has 2 aliphatic heterocycles. The van der Waals surface area contributed by atoms with Crippen LogP contribution in [-0.4, -0.2) is 62.0 Å². The highest BCUT2D eigenvalue weighted by molar-refractivity contribution is 5.95. The Hall–Kier alpha value is -2.44. The second kappa shape index (κ2) is 10.0. The van der Waals surface area contributed by atoms with Crippen molar-refractivity contribution in [3.05, 3.63) is 54.1 Å². The maximum absolute atomic E-state index is 13.8. The van der Waals surface area contributed by atoms with Gasteiger partial charge in [0.2, 0.25) is 0 Å². The van der Waals surface area contributed by atoms with E-state index >= 15 is 0 Å². The van der Waals surface area contributed by atoms with Crippen LogP contribution in [0.3, 0.4) is 0 Å². The van der Waals surface area contributed by atoms with E-state index in [1.807, 2.05) is 48.5 Å². The average molecular weight is 441 g/mol. The molecule has 172 valence electrons. The summed E-state index contributed by atoms with van der Waals surface area (Å²) < 4.78 is 24.9. The Bertz CT molecular complexity index is 881. The summed E-state index contributed by atoms with van der Waals surface area (Å²) in [7, 11) is 0. The number of rotatable bonds is 8. The summed E-state index contributed by atoms with van der Waals surface area (Å²) >= 11 is 0.